The molecule has 2 fully saturated rings. The monoisotopic (exact) mass is 696 g/mol. The van der Waals surface area contributed by atoms with E-state index in [1.165, 1.54) is 16.7 Å². The number of thioether (sulfide) groups is 1. The molecule has 2 N–H and O–H groups in total. The number of carbonyl (C=O) groups excluding carboxylic acids is 4. The van der Waals surface area contributed by atoms with Crippen molar-refractivity contribution in [1.29, 1.82) is 0 Å². The number of fused-ring (bicyclic) bond motifs is 1. The normalized spacial score (nSPS) is 22.1. The fourth-order valence-electron chi connectivity index (χ4n) is 5.80. The van der Waals surface area contributed by atoms with E-state index in [0.717, 1.165) is 29.4 Å². The van der Waals surface area contributed by atoms with Crippen molar-refractivity contribution < 1.29 is 38.1 Å². The third-order valence-corrected chi connectivity index (χ3v) is 9.46. The standard InChI is InChI=1S/C36H48N4O8S/c1-8-11-12-17-49-22-28(38-34(44)48-35(4,5)6)32(42)40-21-26(47-31-27-14-13-25(45-7)18-23(27)15-16-37-31)19-29(40)30(41)39-36(20-24(36)9-2)33(43)46-10-3/h8-9,13-16,18,24,26,28-29H,1-2,10-12,17,19-22H2,3-7H3,(H,38,44)(H,39,41)/t24-,26?,28+,29+,36-/m1/s1. The van der Waals surface area contributed by atoms with Crippen molar-refractivity contribution in [2.45, 2.75) is 82.7 Å². The summed E-state index contributed by atoms with van der Waals surface area (Å²) < 4.78 is 22.5. The average Bonchev–Trinajstić information content (AvgIpc) is 3.61. The highest BCUT2D eigenvalue weighted by Crippen LogP contribution is 2.45. The van der Waals surface area contributed by atoms with Gasteiger partial charge in [0.05, 0.1) is 20.3 Å². The molecule has 1 aromatic carbocycles. The molecule has 2 aliphatic rings. The molecular formula is C36H48N4O8S. The van der Waals surface area contributed by atoms with E-state index in [9.17, 15) is 19.2 Å². The zero-order chi connectivity index (χ0) is 35.8. The van der Waals surface area contributed by atoms with Crippen LogP contribution in [0.1, 0.15) is 53.4 Å². The minimum Gasteiger partial charge on any atom is -0.497 e. The number of nitrogens with zero attached hydrogens (tertiary/aromatic N) is 2. The smallest absolute Gasteiger partial charge is 0.408 e. The van der Waals surface area contributed by atoms with Crippen LogP contribution in [0.25, 0.3) is 10.8 Å². The van der Waals surface area contributed by atoms with Crippen molar-refractivity contribution in [3.63, 3.8) is 0 Å². The van der Waals surface area contributed by atoms with Crippen LogP contribution >= 0.6 is 11.8 Å². The van der Waals surface area contributed by atoms with Gasteiger partial charge in [-0.1, -0.05) is 12.2 Å². The van der Waals surface area contributed by atoms with Crippen molar-refractivity contribution in [1.82, 2.24) is 20.5 Å². The van der Waals surface area contributed by atoms with E-state index in [0.29, 0.717) is 18.1 Å². The molecule has 1 unspecified atom stereocenters. The topological polar surface area (TPSA) is 145 Å². The predicted octanol–water partition coefficient (Wildman–Crippen LogP) is 4.81. The van der Waals surface area contributed by atoms with Gasteiger partial charge in [-0.15, -0.1) is 13.2 Å². The highest BCUT2D eigenvalue weighted by molar-refractivity contribution is 7.99. The maximum Gasteiger partial charge on any atom is 0.408 e. The largest absolute Gasteiger partial charge is 0.497 e. The van der Waals surface area contributed by atoms with Crippen LogP contribution < -0.4 is 20.1 Å². The third kappa shape index (κ3) is 9.46. The Kier molecular flexibility index (Phi) is 12.6. The third-order valence-electron chi connectivity index (χ3n) is 8.32. The molecule has 49 heavy (non-hydrogen) atoms. The van der Waals surface area contributed by atoms with E-state index >= 15 is 0 Å². The zero-order valence-corrected chi connectivity index (χ0v) is 29.8. The number of aromatic nitrogens is 1. The lowest BCUT2D eigenvalue weighted by atomic mass is 10.1. The fourth-order valence-corrected chi connectivity index (χ4v) is 6.80. The van der Waals surface area contributed by atoms with Crippen LogP contribution in [-0.2, 0) is 23.9 Å². The lowest BCUT2D eigenvalue weighted by molar-refractivity contribution is -0.150. The molecule has 0 bridgehead atoms. The number of methoxy groups -OCH3 is 1. The predicted molar refractivity (Wildman–Crippen MR) is 189 cm³/mol. The van der Waals surface area contributed by atoms with Crippen molar-refractivity contribution >= 4 is 46.4 Å². The molecule has 3 amide bonds. The summed E-state index contributed by atoms with van der Waals surface area (Å²) in [4.78, 5) is 60.2. The first-order chi connectivity index (χ1) is 23.3. The number of alkyl carbamates (subject to hydrolysis) is 1. The van der Waals surface area contributed by atoms with Crippen LogP contribution in [0.5, 0.6) is 11.6 Å². The maximum absolute atomic E-state index is 14.4. The number of pyridine rings is 1. The number of unbranched alkanes of at least 4 members (excludes halogenated alkanes) is 1. The lowest BCUT2D eigenvalue weighted by Crippen LogP contribution is -2.57. The molecule has 5 atom stereocenters. The lowest BCUT2D eigenvalue weighted by Gasteiger charge is -2.30. The number of rotatable bonds is 16. The molecular weight excluding hydrogens is 648 g/mol. The van der Waals surface area contributed by atoms with Gasteiger partial charge in [0.25, 0.3) is 0 Å². The van der Waals surface area contributed by atoms with Gasteiger partial charge in [-0.3, -0.25) is 9.59 Å². The number of esters is 1. The summed E-state index contributed by atoms with van der Waals surface area (Å²) in [5.74, 6) is 0.168. The Bertz CT molecular complexity index is 1540. The quantitative estimate of drug-likeness (QED) is 0.143. The van der Waals surface area contributed by atoms with Crippen molar-refractivity contribution in [2.24, 2.45) is 5.92 Å². The number of hydrogen-bond acceptors (Lipinski definition) is 10. The number of ether oxygens (including phenoxy) is 4. The summed E-state index contributed by atoms with van der Waals surface area (Å²) in [5, 5.41) is 7.21. The van der Waals surface area contributed by atoms with Gasteiger partial charge in [0.1, 0.15) is 35.1 Å². The summed E-state index contributed by atoms with van der Waals surface area (Å²) in [6.07, 6.45) is 5.84. The second kappa shape index (κ2) is 16.4. The van der Waals surface area contributed by atoms with Crippen LogP contribution in [0.2, 0.25) is 0 Å². The second-order valence-electron chi connectivity index (χ2n) is 13.1. The SMILES string of the molecule is C=CCCCSC[C@H](NC(=O)OC(C)(C)C)C(=O)N1CC(Oc2nccc3cc(OC)ccc23)C[C@H]1C(=O)N[C@]1(C(=O)OCC)C[C@H]1C=C. The molecule has 1 saturated carbocycles. The average molecular weight is 697 g/mol. The Morgan fingerprint density at radius 3 is 2.63 bits per heavy atom. The van der Waals surface area contributed by atoms with E-state index in [-0.39, 0.29) is 31.2 Å². The molecule has 4 rings (SSSR count). The Labute approximate surface area is 292 Å². The summed E-state index contributed by atoms with van der Waals surface area (Å²) in [6.45, 7) is 14.7. The van der Waals surface area contributed by atoms with E-state index in [4.69, 9.17) is 18.9 Å². The van der Waals surface area contributed by atoms with Gasteiger partial charge < -0.3 is 34.5 Å². The van der Waals surface area contributed by atoms with Gasteiger partial charge >= 0.3 is 12.1 Å². The molecule has 1 aromatic heterocycles. The highest BCUT2D eigenvalue weighted by Gasteiger charge is 2.62. The molecule has 0 radical (unpaired) electrons. The summed E-state index contributed by atoms with van der Waals surface area (Å²) in [5.41, 5.74) is -2.04. The van der Waals surface area contributed by atoms with Gasteiger partial charge in [-0.05, 0) is 82.4 Å². The van der Waals surface area contributed by atoms with Crippen LogP contribution in [0.15, 0.2) is 55.8 Å². The van der Waals surface area contributed by atoms with Gasteiger partial charge in [-0.2, -0.15) is 11.8 Å². The first kappa shape index (κ1) is 37.6. The number of benzene rings is 1. The molecule has 13 heteroatoms. The van der Waals surface area contributed by atoms with Crippen LogP contribution in [0.4, 0.5) is 4.79 Å². The van der Waals surface area contributed by atoms with Crippen LogP contribution in [0.3, 0.4) is 0 Å². The number of hydrogen-bond donors (Lipinski definition) is 2. The van der Waals surface area contributed by atoms with Crippen molar-refractivity contribution in [2.75, 3.05) is 31.8 Å². The van der Waals surface area contributed by atoms with Crippen LogP contribution in [0, 0.1) is 5.92 Å². The highest BCUT2D eigenvalue weighted by atomic mass is 32.2. The van der Waals surface area contributed by atoms with Crippen molar-refractivity contribution in [3.05, 3.63) is 55.8 Å². The van der Waals surface area contributed by atoms with E-state index in [1.54, 1.807) is 53.1 Å². The van der Waals surface area contributed by atoms with Gasteiger partial charge in [0.2, 0.25) is 17.7 Å². The maximum atomic E-state index is 14.4. The number of likely N-dealkylation sites (tertiary alicyclic amines) is 1. The molecule has 12 nitrogen and oxygen atoms in total. The fraction of sp³-hybridized carbons (Fsp3) is 0.528. The molecule has 1 saturated heterocycles. The molecule has 1 aliphatic carbocycles. The molecule has 266 valence electrons. The van der Waals surface area contributed by atoms with E-state index in [2.05, 4.69) is 28.8 Å². The Hall–Kier alpha value is -4.26. The Morgan fingerprint density at radius 2 is 1.98 bits per heavy atom. The first-order valence-corrected chi connectivity index (χ1v) is 17.7. The van der Waals surface area contributed by atoms with Gasteiger partial charge in [0, 0.05) is 29.7 Å². The minimum atomic E-state index is -1.26. The summed E-state index contributed by atoms with van der Waals surface area (Å²) in [6, 6.07) is 5.34. The molecule has 2 aromatic rings. The Balaban J connectivity index is 1.63. The molecule has 1 aliphatic heterocycles. The van der Waals surface area contributed by atoms with Gasteiger partial charge in [-0.25, -0.2) is 14.6 Å². The van der Waals surface area contributed by atoms with Crippen molar-refractivity contribution in [3.8, 4) is 11.6 Å². The summed E-state index contributed by atoms with van der Waals surface area (Å²) >= 11 is 1.51. The zero-order valence-electron chi connectivity index (χ0n) is 29.0. The van der Waals surface area contributed by atoms with Crippen LogP contribution in [-0.4, -0.2) is 94.9 Å². The molecule has 2 heterocycles. The second-order valence-corrected chi connectivity index (χ2v) is 14.3. The summed E-state index contributed by atoms with van der Waals surface area (Å²) in [7, 11) is 1.59. The van der Waals surface area contributed by atoms with E-state index in [1.807, 2.05) is 24.3 Å². The first-order valence-electron chi connectivity index (χ1n) is 16.6. The number of carbonyl (C=O) groups is 4. The van der Waals surface area contributed by atoms with E-state index < -0.39 is 53.2 Å². The Morgan fingerprint density at radius 1 is 1.20 bits per heavy atom. The number of allylic oxidation sites excluding steroid dienone is 1. The number of amides is 3. The van der Waals surface area contributed by atoms with Gasteiger partial charge in [0.15, 0.2) is 0 Å². The molecule has 0 spiro atoms. The number of nitrogens with one attached hydrogen (secondary N) is 2. The minimum absolute atomic E-state index is 0.0378.